The molecule has 2 heterocycles. The summed E-state index contributed by atoms with van der Waals surface area (Å²) in [5.74, 6) is -0.0518. The van der Waals surface area contributed by atoms with Gasteiger partial charge in [-0.1, -0.05) is 0 Å². The summed E-state index contributed by atoms with van der Waals surface area (Å²) in [6, 6.07) is 1.55. The molecule has 82 valence electrons. The first-order chi connectivity index (χ1) is 7.16. The number of nitrogens with one attached hydrogen (secondary N) is 1. The number of ether oxygens (including phenoxy) is 1. The highest BCUT2D eigenvalue weighted by Gasteiger charge is 2.25. The molecule has 0 spiro atoms. The molecular formula is C10H12BrFN2O. The Bertz CT molecular complexity index is 361. The number of hydrogen-bond donors (Lipinski definition) is 1. The summed E-state index contributed by atoms with van der Waals surface area (Å²) < 4.78 is 19.5. The second-order valence-electron chi connectivity index (χ2n) is 3.60. The molecule has 2 unspecified atom stereocenters. The molecule has 0 radical (unpaired) electrons. The van der Waals surface area contributed by atoms with Crippen molar-refractivity contribution < 1.29 is 9.13 Å². The molecule has 0 saturated carbocycles. The molecule has 15 heavy (non-hydrogen) atoms. The largest absolute Gasteiger partial charge is 0.376 e. The first kappa shape index (κ1) is 10.8. The van der Waals surface area contributed by atoms with E-state index < -0.39 is 0 Å². The summed E-state index contributed by atoms with van der Waals surface area (Å²) in [4.78, 5) is 3.99. The smallest absolute Gasteiger partial charge is 0.166 e. The maximum Gasteiger partial charge on any atom is 0.166 e. The summed E-state index contributed by atoms with van der Waals surface area (Å²) in [5, 5.41) is 3.05. The van der Waals surface area contributed by atoms with Gasteiger partial charge in [0.1, 0.15) is 0 Å². The normalized spacial score (nSPS) is 25.5. The van der Waals surface area contributed by atoms with Crippen molar-refractivity contribution in [2.24, 2.45) is 0 Å². The Morgan fingerprint density at radius 1 is 1.67 bits per heavy atom. The lowest BCUT2D eigenvalue weighted by atomic mass is 10.1. The van der Waals surface area contributed by atoms with Crippen LogP contribution in [0, 0.1) is 5.82 Å². The molecular weight excluding hydrogens is 263 g/mol. The van der Waals surface area contributed by atoms with E-state index in [1.54, 1.807) is 6.20 Å². The van der Waals surface area contributed by atoms with Crippen LogP contribution in [0.25, 0.3) is 0 Å². The van der Waals surface area contributed by atoms with Crippen molar-refractivity contribution in [1.29, 1.82) is 0 Å². The van der Waals surface area contributed by atoms with E-state index in [9.17, 15) is 4.39 Å². The van der Waals surface area contributed by atoms with Crippen LogP contribution >= 0.6 is 15.9 Å². The summed E-state index contributed by atoms with van der Waals surface area (Å²) in [6.45, 7) is 2.69. The van der Waals surface area contributed by atoms with Crippen molar-refractivity contribution in [1.82, 2.24) is 4.98 Å². The van der Waals surface area contributed by atoms with Crippen LogP contribution in [0.1, 0.15) is 13.3 Å². The zero-order chi connectivity index (χ0) is 10.8. The van der Waals surface area contributed by atoms with Crippen molar-refractivity contribution in [2.75, 3.05) is 11.9 Å². The molecule has 1 fully saturated rings. The molecule has 1 N–H and O–H groups in total. The van der Waals surface area contributed by atoms with Crippen molar-refractivity contribution in [3.05, 3.63) is 22.6 Å². The van der Waals surface area contributed by atoms with Gasteiger partial charge in [-0.25, -0.2) is 9.37 Å². The number of anilines is 1. The summed E-state index contributed by atoms with van der Waals surface area (Å²) in [5.41, 5.74) is 0. The molecule has 1 aliphatic heterocycles. The molecule has 0 bridgehead atoms. The van der Waals surface area contributed by atoms with E-state index in [1.807, 2.05) is 6.92 Å². The number of aromatic nitrogens is 1. The number of halogens is 2. The van der Waals surface area contributed by atoms with Crippen molar-refractivity contribution in [2.45, 2.75) is 25.5 Å². The van der Waals surface area contributed by atoms with Crippen LogP contribution in [0.4, 0.5) is 10.2 Å². The van der Waals surface area contributed by atoms with Crippen LogP contribution in [0.3, 0.4) is 0 Å². The minimum atomic E-state index is -0.344. The van der Waals surface area contributed by atoms with E-state index in [0.29, 0.717) is 10.3 Å². The first-order valence-corrected chi connectivity index (χ1v) is 5.65. The molecule has 2 atom stereocenters. The van der Waals surface area contributed by atoms with Gasteiger partial charge in [0.25, 0.3) is 0 Å². The molecule has 0 aliphatic carbocycles. The number of hydrogen-bond acceptors (Lipinski definition) is 3. The van der Waals surface area contributed by atoms with Crippen LogP contribution in [0.15, 0.2) is 16.7 Å². The quantitative estimate of drug-likeness (QED) is 0.900. The lowest BCUT2D eigenvalue weighted by Crippen LogP contribution is -2.27. The van der Waals surface area contributed by atoms with Gasteiger partial charge in [0.2, 0.25) is 0 Å². The highest BCUT2D eigenvalue weighted by molar-refractivity contribution is 9.10. The average molecular weight is 275 g/mol. The van der Waals surface area contributed by atoms with E-state index in [-0.39, 0.29) is 18.0 Å². The van der Waals surface area contributed by atoms with Crippen molar-refractivity contribution in [3.8, 4) is 0 Å². The van der Waals surface area contributed by atoms with Gasteiger partial charge in [0.05, 0.1) is 12.1 Å². The number of rotatable bonds is 2. The Morgan fingerprint density at radius 2 is 2.47 bits per heavy atom. The molecule has 1 saturated heterocycles. The standard InChI is InChI=1S/C10H12BrFN2O/c1-6-9(2-3-15-6)14-10-8(12)4-7(11)5-13-10/h4-6,9H,2-3H2,1H3,(H,13,14). The topological polar surface area (TPSA) is 34.1 Å². The summed E-state index contributed by atoms with van der Waals surface area (Å²) in [6.07, 6.45) is 2.57. The lowest BCUT2D eigenvalue weighted by molar-refractivity contribution is 0.121. The van der Waals surface area contributed by atoms with E-state index in [2.05, 4.69) is 26.2 Å². The van der Waals surface area contributed by atoms with Gasteiger partial charge in [-0.2, -0.15) is 0 Å². The van der Waals surface area contributed by atoms with Gasteiger partial charge in [-0.05, 0) is 35.3 Å². The first-order valence-electron chi connectivity index (χ1n) is 4.86. The van der Waals surface area contributed by atoms with Crippen LogP contribution in [0.2, 0.25) is 0 Å². The highest BCUT2D eigenvalue weighted by Crippen LogP contribution is 2.21. The van der Waals surface area contributed by atoms with Gasteiger partial charge in [-0.3, -0.25) is 0 Å². The molecule has 3 nitrogen and oxygen atoms in total. The Hall–Kier alpha value is -0.680. The van der Waals surface area contributed by atoms with Crippen molar-refractivity contribution in [3.63, 3.8) is 0 Å². The molecule has 0 aromatic carbocycles. The van der Waals surface area contributed by atoms with Crippen LogP contribution < -0.4 is 5.32 Å². The van der Waals surface area contributed by atoms with Gasteiger partial charge in [0.15, 0.2) is 11.6 Å². The van der Waals surface area contributed by atoms with Crippen LogP contribution in [0.5, 0.6) is 0 Å². The summed E-state index contributed by atoms with van der Waals surface area (Å²) >= 11 is 3.17. The Balaban J connectivity index is 2.10. The minimum absolute atomic E-state index is 0.106. The van der Waals surface area contributed by atoms with E-state index in [4.69, 9.17) is 4.74 Å². The molecule has 0 amide bonds. The van der Waals surface area contributed by atoms with Gasteiger partial charge >= 0.3 is 0 Å². The monoisotopic (exact) mass is 274 g/mol. The fraction of sp³-hybridized carbons (Fsp3) is 0.500. The number of pyridine rings is 1. The second-order valence-corrected chi connectivity index (χ2v) is 4.52. The molecule has 5 heteroatoms. The van der Waals surface area contributed by atoms with Gasteiger partial charge < -0.3 is 10.1 Å². The third-order valence-corrected chi connectivity index (χ3v) is 2.94. The lowest BCUT2D eigenvalue weighted by Gasteiger charge is -2.16. The van der Waals surface area contributed by atoms with E-state index >= 15 is 0 Å². The Labute approximate surface area is 96.2 Å². The highest BCUT2D eigenvalue weighted by atomic mass is 79.9. The summed E-state index contributed by atoms with van der Waals surface area (Å²) in [7, 11) is 0. The minimum Gasteiger partial charge on any atom is -0.376 e. The van der Waals surface area contributed by atoms with Crippen molar-refractivity contribution >= 4 is 21.7 Å². The Morgan fingerprint density at radius 3 is 3.07 bits per heavy atom. The zero-order valence-corrected chi connectivity index (χ0v) is 9.92. The molecule has 2 rings (SSSR count). The molecule has 1 aromatic rings. The van der Waals surface area contributed by atoms with Gasteiger partial charge in [0, 0.05) is 17.3 Å². The molecule has 1 aliphatic rings. The van der Waals surface area contributed by atoms with E-state index in [0.717, 1.165) is 13.0 Å². The van der Waals surface area contributed by atoms with E-state index in [1.165, 1.54) is 6.07 Å². The maximum absolute atomic E-state index is 13.4. The predicted octanol–water partition coefficient (Wildman–Crippen LogP) is 2.57. The third kappa shape index (κ3) is 2.46. The SMILES string of the molecule is CC1OCCC1Nc1ncc(Br)cc1F. The fourth-order valence-electron chi connectivity index (χ4n) is 1.62. The van der Waals surface area contributed by atoms with Gasteiger partial charge in [-0.15, -0.1) is 0 Å². The zero-order valence-electron chi connectivity index (χ0n) is 8.34. The fourth-order valence-corrected chi connectivity index (χ4v) is 1.92. The third-order valence-electron chi connectivity index (χ3n) is 2.51. The van der Waals surface area contributed by atoms with Crippen LogP contribution in [-0.2, 0) is 4.74 Å². The predicted molar refractivity (Wildman–Crippen MR) is 59.3 cm³/mol. The Kier molecular flexibility index (Phi) is 3.21. The maximum atomic E-state index is 13.4. The number of nitrogens with zero attached hydrogens (tertiary/aromatic N) is 1. The molecule has 1 aromatic heterocycles. The average Bonchev–Trinajstić information content (AvgIpc) is 2.57. The van der Waals surface area contributed by atoms with Crippen LogP contribution in [-0.4, -0.2) is 23.7 Å². The second kappa shape index (κ2) is 4.45.